The van der Waals surface area contributed by atoms with Crippen molar-refractivity contribution in [3.05, 3.63) is 52.6 Å². The monoisotopic (exact) mass is 391 g/mol. The van der Waals surface area contributed by atoms with E-state index in [-0.39, 0.29) is 11.3 Å². The molecule has 0 saturated heterocycles. The number of ether oxygens (including phenoxy) is 3. The summed E-state index contributed by atoms with van der Waals surface area (Å²) in [5.41, 5.74) is 1.36. The lowest BCUT2D eigenvalue weighted by Crippen LogP contribution is -2.33. The third-order valence-corrected chi connectivity index (χ3v) is 4.19. The van der Waals surface area contributed by atoms with Crippen molar-refractivity contribution in [1.82, 2.24) is 4.98 Å². The zero-order valence-corrected chi connectivity index (χ0v) is 16.3. The highest BCUT2D eigenvalue weighted by Gasteiger charge is 2.29. The predicted octanol–water partition coefficient (Wildman–Crippen LogP) is 3.14. The zero-order valence-electron chi connectivity index (χ0n) is 16.3. The van der Waals surface area contributed by atoms with E-state index >= 15 is 0 Å². The highest BCUT2D eigenvalue weighted by molar-refractivity contribution is 6.04. The minimum Gasteiger partial charge on any atom is -0.479 e. The van der Waals surface area contributed by atoms with Gasteiger partial charge in [-0.05, 0) is 57.5 Å². The first-order valence-electron chi connectivity index (χ1n) is 8.60. The van der Waals surface area contributed by atoms with E-state index in [2.05, 4.69) is 4.98 Å². The number of carbonyl (C=O) groups excluding carboxylic acids is 3. The van der Waals surface area contributed by atoms with Crippen LogP contribution < -0.4 is 4.74 Å². The van der Waals surface area contributed by atoms with Gasteiger partial charge in [0.1, 0.15) is 11.6 Å². The van der Waals surface area contributed by atoms with Crippen molar-refractivity contribution >= 4 is 17.7 Å². The number of nitrogens with one attached hydrogen (secondary N) is 1. The summed E-state index contributed by atoms with van der Waals surface area (Å²) >= 11 is 0. The molecule has 0 radical (unpaired) electrons. The maximum Gasteiger partial charge on any atom is 0.347 e. The number of aryl methyl sites for hydroxylation is 1. The number of hydrogen-bond acceptors (Lipinski definition) is 6. The molecule has 0 fully saturated rings. The van der Waals surface area contributed by atoms with Gasteiger partial charge >= 0.3 is 11.9 Å². The molecule has 1 heterocycles. The lowest BCUT2D eigenvalue weighted by atomic mass is 10.1. The van der Waals surface area contributed by atoms with E-state index in [0.717, 1.165) is 0 Å². The molecule has 2 atom stereocenters. The third kappa shape index (κ3) is 4.57. The van der Waals surface area contributed by atoms with Gasteiger partial charge in [0.25, 0.3) is 0 Å². The number of aromatic amines is 1. The summed E-state index contributed by atoms with van der Waals surface area (Å²) in [5, 5.41) is 0. The molecule has 0 spiro atoms. The van der Waals surface area contributed by atoms with Crippen LogP contribution in [-0.4, -0.2) is 42.0 Å². The van der Waals surface area contributed by atoms with Crippen molar-refractivity contribution < 1.29 is 33.0 Å². The van der Waals surface area contributed by atoms with Gasteiger partial charge in [0.15, 0.2) is 12.2 Å². The summed E-state index contributed by atoms with van der Waals surface area (Å²) in [4.78, 5) is 39.6. The molecular formula is C20H22FNO6. The Kier molecular flexibility index (Phi) is 6.56. The van der Waals surface area contributed by atoms with E-state index in [1.54, 1.807) is 13.8 Å². The first kappa shape index (κ1) is 21.1. The molecule has 0 bridgehead atoms. The molecule has 2 aromatic rings. The van der Waals surface area contributed by atoms with Crippen molar-refractivity contribution in [3.63, 3.8) is 0 Å². The number of Topliss-reactive ketones (excluding diaryl/α,β-unsaturated/α-hetero) is 1. The Hall–Kier alpha value is -3.16. The molecular weight excluding hydrogens is 369 g/mol. The fourth-order valence-corrected chi connectivity index (χ4v) is 2.70. The summed E-state index contributed by atoms with van der Waals surface area (Å²) < 4.78 is 28.2. The van der Waals surface area contributed by atoms with Crippen LogP contribution in [0.25, 0.3) is 0 Å². The minimum atomic E-state index is -1.10. The van der Waals surface area contributed by atoms with Crippen LogP contribution in [-0.2, 0) is 14.3 Å². The lowest BCUT2D eigenvalue weighted by molar-refractivity contribution is -0.153. The molecule has 150 valence electrons. The minimum absolute atomic E-state index is 0.172. The Bertz CT molecular complexity index is 887. The molecule has 1 aromatic carbocycles. The van der Waals surface area contributed by atoms with Gasteiger partial charge in [0.2, 0.25) is 5.78 Å². The van der Waals surface area contributed by atoms with Gasteiger partial charge in [0, 0.05) is 5.69 Å². The topological polar surface area (TPSA) is 94.7 Å². The maximum absolute atomic E-state index is 12.9. The van der Waals surface area contributed by atoms with E-state index in [9.17, 15) is 18.8 Å². The standard InChI is InChI=1S/C20H22FNO6/c1-10-16(20(25)26-5)11(2)22-17(10)18(23)12(3)28-19(24)13(4)27-15-8-6-14(21)7-9-15/h6-9,12-13,22H,1-5H3/t12-,13-/m0/s1. The summed E-state index contributed by atoms with van der Waals surface area (Å²) in [6.45, 7) is 6.14. The SMILES string of the molecule is COC(=O)c1c(C)[nH]c(C(=O)[C@H](C)OC(=O)[C@H](C)Oc2ccc(F)cc2)c1C. The fraction of sp³-hybridized carbons (Fsp3) is 0.350. The summed E-state index contributed by atoms with van der Waals surface area (Å²) in [5.74, 6) is -1.93. The second-order valence-corrected chi connectivity index (χ2v) is 6.27. The molecule has 0 amide bonds. The van der Waals surface area contributed by atoms with Gasteiger partial charge in [-0.3, -0.25) is 4.79 Å². The van der Waals surface area contributed by atoms with Crippen molar-refractivity contribution in [3.8, 4) is 5.75 Å². The van der Waals surface area contributed by atoms with Gasteiger partial charge in [0.05, 0.1) is 18.4 Å². The highest BCUT2D eigenvalue weighted by Crippen LogP contribution is 2.21. The Balaban J connectivity index is 2.06. The van der Waals surface area contributed by atoms with E-state index in [0.29, 0.717) is 17.0 Å². The van der Waals surface area contributed by atoms with Gasteiger partial charge in [-0.1, -0.05) is 0 Å². The van der Waals surface area contributed by atoms with Gasteiger partial charge in [-0.15, -0.1) is 0 Å². The van der Waals surface area contributed by atoms with Crippen LogP contribution in [0, 0.1) is 19.7 Å². The van der Waals surface area contributed by atoms with Crippen molar-refractivity contribution in [2.75, 3.05) is 7.11 Å². The van der Waals surface area contributed by atoms with E-state index < -0.39 is 35.7 Å². The van der Waals surface area contributed by atoms with Gasteiger partial charge < -0.3 is 19.2 Å². The van der Waals surface area contributed by atoms with Crippen LogP contribution in [0.5, 0.6) is 5.75 Å². The number of rotatable bonds is 7. The molecule has 0 aliphatic carbocycles. The Morgan fingerprint density at radius 2 is 1.64 bits per heavy atom. The smallest absolute Gasteiger partial charge is 0.347 e. The lowest BCUT2D eigenvalue weighted by Gasteiger charge is -2.17. The van der Waals surface area contributed by atoms with E-state index in [4.69, 9.17) is 14.2 Å². The molecule has 7 nitrogen and oxygen atoms in total. The van der Waals surface area contributed by atoms with Crippen LogP contribution in [0.15, 0.2) is 24.3 Å². The third-order valence-electron chi connectivity index (χ3n) is 4.19. The Morgan fingerprint density at radius 1 is 1.04 bits per heavy atom. The van der Waals surface area contributed by atoms with Crippen LogP contribution >= 0.6 is 0 Å². The normalized spacial score (nSPS) is 12.8. The van der Waals surface area contributed by atoms with Crippen LogP contribution in [0.4, 0.5) is 4.39 Å². The number of benzene rings is 1. The van der Waals surface area contributed by atoms with Gasteiger partial charge in [-0.25, -0.2) is 14.0 Å². The molecule has 8 heteroatoms. The summed E-state index contributed by atoms with van der Waals surface area (Å²) in [6.07, 6.45) is -2.10. The summed E-state index contributed by atoms with van der Waals surface area (Å²) in [6, 6.07) is 5.17. The fourth-order valence-electron chi connectivity index (χ4n) is 2.70. The highest BCUT2D eigenvalue weighted by atomic mass is 19.1. The second-order valence-electron chi connectivity index (χ2n) is 6.27. The van der Waals surface area contributed by atoms with E-state index in [1.807, 2.05) is 0 Å². The first-order chi connectivity index (χ1) is 13.1. The number of esters is 2. The van der Waals surface area contributed by atoms with Crippen LogP contribution in [0.1, 0.15) is 46.0 Å². The van der Waals surface area contributed by atoms with Crippen molar-refractivity contribution in [2.45, 2.75) is 39.9 Å². The quantitative estimate of drug-likeness (QED) is 0.576. The van der Waals surface area contributed by atoms with Crippen LogP contribution in [0.2, 0.25) is 0 Å². The molecule has 1 aromatic heterocycles. The molecule has 28 heavy (non-hydrogen) atoms. The molecule has 0 unspecified atom stereocenters. The number of hydrogen-bond donors (Lipinski definition) is 1. The second kappa shape index (κ2) is 8.69. The number of ketones is 1. The first-order valence-corrected chi connectivity index (χ1v) is 8.60. The molecule has 0 saturated carbocycles. The number of methoxy groups -OCH3 is 1. The number of H-pyrrole nitrogens is 1. The Morgan fingerprint density at radius 3 is 2.21 bits per heavy atom. The zero-order chi connectivity index (χ0) is 21.0. The van der Waals surface area contributed by atoms with Gasteiger partial charge in [-0.2, -0.15) is 0 Å². The Labute approximate surface area is 161 Å². The molecule has 0 aliphatic rings. The molecule has 0 aliphatic heterocycles. The number of aromatic nitrogens is 1. The number of carbonyl (C=O) groups is 3. The molecule has 1 N–H and O–H groups in total. The molecule has 2 rings (SSSR count). The van der Waals surface area contributed by atoms with Crippen molar-refractivity contribution in [1.29, 1.82) is 0 Å². The van der Waals surface area contributed by atoms with Crippen LogP contribution in [0.3, 0.4) is 0 Å². The predicted molar refractivity (Wildman–Crippen MR) is 98.0 cm³/mol. The summed E-state index contributed by atoms with van der Waals surface area (Å²) in [7, 11) is 1.25. The average molecular weight is 391 g/mol. The maximum atomic E-state index is 12.9. The average Bonchev–Trinajstić information content (AvgIpc) is 2.96. The van der Waals surface area contributed by atoms with Crippen molar-refractivity contribution in [2.24, 2.45) is 0 Å². The largest absolute Gasteiger partial charge is 0.479 e. The van der Waals surface area contributed by atoms with E-state index in [1.165, 1.54) is 45.2 Å². The number of halogens is 1.